The van der Waals surface area contributed by atoms with Gasteiger partial charge in [-0.25, -0.2) is 4.39 Å². The van der Waals surface area contributed by atoms with Gasteiger partial charge in [-0.3, -0.25) is 5.10 Å². The molecule has 1 saturated heterocycles. The van der Waals surface area contributed by atoms with E-state index in [1.54, 1.807) is 12.1 Å². The van der Waals surface area contributed by atoms with Crippen LogP contribution in [0.3, 0.4) is 0 Å². The highest BCUT2D eigenvalue weighted by Crippen LogP contribution is 2.23. The number of aromatic amines is 1. The van der Waals surface area contributed by atoms with Gasteiger partial charge in [0.1, 0.15) is 5.82 Å². The van der Waals surface area contributed by atoms with Crippen LogP contribution < -0.4 is 10.2 Å². The van der Waals surface area contributed by atoms with E-state index >= 15 is 0 Å². The average molecular weight is 354 g/mol. The van der Waals surface area contributed by atoms with Gasteiger partial charge in [0.2, 0.25) is 5.95 Å². The van der Waals surface area contributed by atoms with Crippen molar-refractivity contribution in [3.8, 4) is 11.4 Å². The summed E-state index contributed by atoms with van der Waals surface area (Å²) in [5, 5.41) is 10.6. The summed E-state index contributed by atoms with van der Waals surface area (Å²) in [4.78, 5) is 6.63. The fourth-order valence-corrected chi connectivity index (χ4v) is 2.90. The van der Waals surface area contributed by atoms with Crippen LogP contribution in [0.25, 0.3) is 11.4 Å². The van der Waals surface area contributed by atoms with Crippen LogP contribution in [0, 0.1) is 5.82 Å². The predicted octanol–water partition coefficient (Wildman–Crippen LogP) is 2.56. The number of anilines is 1. The van der Waals surface area contributed by atoms with Gasteiger partial charge in [-0.15, -0.1) is 5.10 Å². The number of piperazine rings is 1. The van der Waals surface area contributed by atoms with E-state index in [0.717, 1.165) is 13.1 Å². The summed E-state index contributed by atoms with van der Waals surface area (Å²) in [7, 11) is 0. The molecule has 0 aliphatic carbocycles. The highest BCUT2D eigenvalue weighted by Gasteiger charge is 2.23. The van der Waals surface area contributed by atoms with Crippen molar-refractivity contribution in [3.63, 3.8) is 0 Å². The van der Waals surface area contributed by atoms with Crippen LogP contribution in [0.2, 0.25) is 0 Å². The third-order valence-electron chi connectivity index (χ3n) is 3.51. The van der Waals surface area contributed by atoms with E-state index < -0.39 is 0 Å². The summed E-state index contributed by atoms with van der Waals surface area (Å²) in [6.45, 7) is 5.99. The maximum absolute atomic E-state index is 13.6. The van der Waals surface area contributed by atoms with Gasteiger partial charge in [0.05, 0.1) is 4.47 Å². The molecule has 0 spiro atoms. The summed E-state index contributed by atoms with van der Waals surface area (Å²) >= 11 is 3.15. The number of benzene rings is 1. The van der Waals surface area contributed by atoms with Crippen molar-refractivity contribution in [2.24, 2.45) is 0 Å². The molecule has 0 saturated carbocycles. The first-order valence-corrected chi connectivity index (χ1v) is 7.71. The molecule has 21 heavy (non-hydrogen) atoms. The van der Waals surface area contributed by atoms with E-state index in [1.165, 1.54) is 6.07 Å². The maximum Gasteiger partial charge on any atom is 0.245 e. The maximum atomic E-state index is 13.6. The second kappa shape index (κ2) is 5.73. The van der Waals surface area contributed by atoms with E-state index in [9.17, 15) is 4.39 Å². The Morgan fingerprint density at radius 3 is 2.67 bits per heavy atom. The molecule has 1 aliphatic rings. The molecule has 2 atom stereocenters. The van der Waals surface area contributed by atoms with Crippen molar-refractivity contribution in [1.29, 1.82) is 0 Å². The Morgan fingerprint density at radius 2 is 2.00 bits per heavy atom. The van der Waals surface area contributed by atoms with E-state index in [4.69, 9.17) is 0 Å². The summed E-state index contributed by atoms with van der Waals surface area (Å²) in [5.41, 5.74) is 0.686. The van der Waals surface area contributed by atoms with Gasteiger partial charge < -0.3 is 10.2 Å². The molecule has 0 radical (unpaired) electrons. The molecule has 5 nitrogen and oxygen atoms in total. The molecule has 3 rings (SSSR count). The molecule has 1 aliphatic heterocycles. The van der Waals surface area contributed by atoms with Gasteiger partial charge in [-0.1, -0.05) is 0 Å². The molecule has 2 aromatic rings. The van der Waals surface area contributed by atoms with Crippen molar-refractivity contribution in [1.82, 2.24) is 20.5 Å². The summed E-state index contributed by atoms with van der Waals surface area (Å²) in [6, 6.07) is 5.70. The summed E-state index contributed by atoms with van der Waals surface area (Å²) in [6.07, 6.45) is 0. The lowest BCUT2D eigenvalue weighted by Gasteiger charge is -2.35. The van der Waals surface area contributed by atoms with Crippen LogP contribution in [0.15, 0.2) is 22.7 Å². The summed E-state index contributed by atoms with van der Waals surface area (Å²) < 4.78 is 14.0. The largest absolute Gasteiger partial charge is 0.336 e. The van der Waals surface area contributed by atoms with Crippen molar-refractivity contribution < 1.29 is 4.39 Å². The van der Waals surface area contributed by atoms with Gasteiger partial charge >= 0.3 is 0 Å². The van der Waals surface area contributed by atoms with Crippen LogP contribution >= 0.6 is 15.9 Å². The van der Waals surface area contributed by atoms with E-state index in [2.05, 4.69) is 55.2 Å². The normalized spacial score (nSPS) is 22.6. The van der Waals surface area contributed by atoms with Crippen LogP contribution in [0.5, 0.6) is 0 Å². The molecule has 7 heteroatoms. The number of rotatable bonds is 2. The number of nitrogens with one attached hydrogen (secondary N) is 2. The molecule has 1 aromatic carbocycles. The molecule has 2 heterocycles. The molecular formula is C14H17BrFN5. The molecule has 0 bridgehead atoms. The first kappa shape index (κ1) is 14.5. The topological polar surface area (TPSA) is 56.8 Å². The highest BCUT2D eigenvalue weighted by atomic mass is 79.9. The standard InChI is InChI=1S/C14H17BrFN5/c1-8-6-21(7-9(2)17-8)14-18-13(19-20-14)10-3-4-11(15)12(16)5-10/h3-5,8-9,17H,6-7H2,1-2H3,(H,18,19,20). The quantitative estimate of drug-likeness (QED) is 0.871. The zero-order valence-corrected chi connectivity index (χ0v) is 13.5. The van der Waals surface area contributed by atoms with Crippen molar-refractivity contribution in [3.05, 3.63) is 28.5 Å². The number of H-pyrrole nitrogens is 1. The monoisotopic (exact) mass is 353 g/mol. The minimum absolute atomic E-state index is 0.310. The molecule has 1 fully saturated rings. The van der Waals surface area contributed by atoms with Gasteiger partial charge in [0.25, 0.3) is 0 Å². The Morgan fingerprint density at radius 1 is 1.29 bits per heavy atom. The van der Waals surface area contributed by atoms with Gasteiger partial charge in [-0.05, 0) is 48.0 Å². The van der Waals surface area contributed by atoms with Gasteiger partial charge in [-0.2, -0.15) is 4.98 Å². The number of hydrogen-bond acceptors (Lipinski definition) is 4. The minimum atomic E-state index is -0.310. The predicted molar refractivity (Wildman–Crippen MR) is 83.7 cm³/mol. The summed E-state index contributed by atoms with van der Waals surface area (Å²) in [5.74, 6) is 0.929. The Labute approximate surface area is 131 Å². The fraction of sp³-hybridized carbons (Fsp3) is 0.429. The first-order valence-electron chi connectivity index (χ1n) is 6.92. The molecule has 2 N–H and O–H groups in total. The Balaban J connectivity index is 1.84. The number of hydrogen-bond donors (Lipinski definition) is 2. The molecule has 2 unspecified atom stereocenters. The van der Waals surface area contributed by atoms with Crippen LogP contribution in [0.1, 0.15) is 13.8 Å². The Bertz CT molecular complexity index is 634. The smallest absolute Gasteiger partial charge is 0.245 e. The number of nitrogens with zero attached hydrogens (tertiary/aromatic N) is 3. The number of aromatic nitrogens is 3. The van der Waals surface area contributed by atoms with Crippen LogP contribution in [-0.2, 0) is 0 Å². The second-order valence-electron chi connectivity index (χ2n) is 5.49. The van der Waals surface area contributed by atoms with E-state index in [0.29, 0.717) is 33.9 Å². The second-order valence-corrected chi connectivity index (χ2v) is 6.34. The van der Waals surface area contributed by atoms with Gasteiger partial charge in [0, 0.05) is 30.7 Å². The zero-order valence-electron chi connectivity index (χ0n) is 11.9. The average Bonchev–Trinajstić information content (AvgIpc) is 2.90. The molecular weight excluding hydrogens is 337 g/mol. The number of halogens is 2. The van der Waals surface area contributed by atoms with Gasteiger partial charge in [0.15, 0.2) is 5.82 Å². The lowest BCUT2D eigenvalue weighted by molar-refractivity contribution is 0.403. The third-order valence-corrected chi connectivity index (χ3v) is 4.15. The van der Waals surface area contributed by atoms with Crippen LogP contribution in [-0.4, -0.2) is 40.4 Å². The zero-order chi connectivity index (χ0) is 15.0. The van der Waals surface area contributed by atoms with Crippen molar-refractivity contribution in [2.45, 2.75) is 25.9 Å². The molecule has 1 aromatic heterocycles. The van der Waals surface area contributed by atoms with Crippen molar-refractivity contribution in [2.75, 3.05) is 18.0 Å². The fourth-order valence-electron chi connectivity index (χ4n) is 2.66. The Kier molecular flexibility index (Phi) is 3.95. The van der Waals surface area contributed by atoms with Crippen molar-refractivity contribution >= 4 is 21.9 Å². The molecule has 0 amide bonds. The lowest BCUT2D eigenvalue weighted by Crippen LogP contribution is -2.54. The van der Waals surface area contributed by atoms with E-state index in [-0.39, 0.29) is 5.82 Å². The van der Waals surface area contributed by atoms with E-state index in [1.807, 2.05) is 0 Å². The Hall–Kier alpha value is -1.47. The third kappa shape index (κ3) is 3.08. The molecule has 112 valence electrons. The lowest BCUT2D eigenvalue weighted by atomic mass is 10.1. The SMILES string of the molecule is CC1CN(c2n[nH]c(-c3ccc(Br)c(F)c3)n2)CC(C)N1. The van der Waals surface area contributed by atoms with Crippen LogP contribution in [0.4, 0.5) is 10.3 Å². The minimum Gasteiger partial charge on any atom is -0.336 e. The highest BCUT2D eigenvalue weighted by molar-refractivity contribution is 9.10. The first-order chi connectivity index (χ1) is 10.0.